The predicted octanol–water partition coefficient (Wildman–Crippen LogP) is 2.06. The van der Waals surface area contributed by atoms with E-state index < -0.39 is 12.7 Å². The molecule has 1 amide bonds. The molecule has 0 spiro atoms. The highest BCUT2D eigenvalue weighted by molar-refractivity contribution is 6.32. The van der Waals surface area contributed by atoms with Crippen molar-refractivity contribution in [2.75, 3.05) is 32.7 Å². The fraction of sp³-hybridized carbons (Fsp3) is 0.500. The zero-order chi connectivity index (χ0) is 14.8. The van der Waals surface area contributed by atoms with Gasteiger partial charge in [0.2, 0.25) is 0 Å². The number of hydrogen-bond donors (Lipinski definition) is 0. The van der Waals surface area contributed by atoms with Crippen molar-refractivity contribution in [2.24, 2.45) is 0 Å². The van der Waals surface area contributed by atoms with Gasteiger partial charge in [0.25, 0.3) is 5.91 Å². The molecule has 1 saturated heterocycles. The molecule has 0 unspecified atom stereocenters. The molecule has 110 valence electrons. The topological polar surface area (TPSA) is 36.4 Å². The Morgan fingerprint density at radius 1 is 1.30 bits per heavy atom. The summed E-state index contributed by atoms with van der Waals surface area (Å²) in [6, 6.07) is 3.15. The number of carbonyl (C=O) groups excluding carboxylic acids is 1. The summed E-state index contributed by atoms with van der Waals surface area (Å²) in [4.78, 5) is 18.8. The maximum absolute atomic E-state index is 12.3. The van der Waals surface area contributed by atoms with Crippen LogP contribution in [0.4, 0.5) is 13.2 Å². The van der Waals surface area contributed by atoms with Crippen molar-refractivity contribution in [3.8, 4) is 0 Å². The summed E-state index contributed by atoms with van der Waals surface area (Å²) < 4.78 is 36.8. The third-order valence-corrected chi connectivity index (χ3v) is 3.35. The highest BCUT2D eigenvalue weighted by Gasteiger charge is 2.33. The number of hydrogen-bond acceptors (Lipinski definition) is 3. The maximum Gasteiger partial charge on any atom is 0.401 e. The Bertz CT molecular complexity index is 487. The lowest BCUT2D eigenvalue weighted by molar-refractivity contribution is -0.148. The highest BCUT2D eigenvalue weighted by atomic mass is 35.5. The van der Waals surface area contributed by atoms with Crippen LogP contribution in [0.5, 0.6) is 0 Å². The summed E-state index contributed by atoms with van der Waals surface area (Å²) in [6.07, 6.45) is -2.74. The average molecular weight is 308 g/mol. The molecule has 2 heterocycles. The van der Waals surface area contributed by atoms with Gasteiger partial charge < -0.3 is 4.90 Å². The van der Waals surface area contributed by atoms with Crippen LogP contribution >= 0.6 is 11.6 Å². The van der Waals surface area contributed by atoms with Gasteiger partial charge in [-0.2, -0.15) is 13.2 Å². The number of nitrogens with zero attached hydrogens (tertiary/aromatic N) is 3. The molecule has 2 rings (SSSR count). The molecule has 20 heavy (non-hydrogen) atoms. The molecule has 0 aromatic carbocycles. The molecule has 4 nitrogen and oxygen atoms in total. The van der Waals surface area contributed by atoms with E-state index >= 15 is 0 Å². The number of aromatic nitrogens is 1. The van der Waals surface area contributed by atoms with Crippen molar-refractivity contribution in [1.82, 2.24) is 14.8 Å². The van der Waals surface area contributed by atoms with Crippen LogP contribution in [0.25, 0.3) is 0 Å². The van der Waals surface area contributed by atoms with Crippen LogP contribution in [-0.2, 0) is 0 Å². The van der Waals surface area contributed by atoms with Crippen LogP contribution < -0.4 is 0 Å². The Labute approximate surface area is 119 Å². The fourth-order valence-electron chi connectivity index (χ4n) is 2.08. The van der Waals surface area contributed by atoms with Crippen LogP contribution in [-0.4, -0.2) is 59.6 Å². The lowest BCUT2D eigenvalue weighted by atomic mass is 10.2. The number of halogens is 4. The lowest BCUT2D eigenvalue weighted by Crippen LogP contribution is -2.51. The van der Waals surface area contributed by atoms with Crippen LogP contribution in [0.1, 0.15) is 10.4 Å². The van der Waals surface area contributed by atoms with E-state index in [1.807, 2.05) is 0 Å². The Kier molecular flexibility index (Phi) is 4.49. The van der Waals surface area contributed by atoms with Crippen LogP contribution in [0.15, 0.2) is 18.3 Å². The van der Waals surface area contributed by atoms with Gasteiger partial charge >= 0.3 is 6.18 Å². The molecule has 1 aromatic rings. The normalized spacial score (nSPS) is 17.3. The first-order chi connectivity index (χ1) is 9.37. The van der Waals surface area contributed by atoms with Crippen molar-refractivity contribution >= 4 is 17.5 Å². The van der Waals surface area contributed by atoms with Crippen LogP contribution in [0.2, 0.25) is 5.15 Å². The molecule has 0 aliphatic carbocycles. The van der Waals surface area contributed by atoms with E-state index in [4.69, 9.17) is 11.6 Å². The lowest BCUT2D eigenvalue weighted by Gasteiger charge is -2.35. The second-order valence-corrected chi connectivity index (χ2v) is 4.88. The third kappa shape index (κ3) is 3.83. The largest absolute Gasteiger partial charge is 0.401 e. The number of carbonyl (C=O) groups is 1. The average Bonchev–Trinajstić information content (AvgIpc) is 2.37. The summed E-state index contributed by atoms with van der Waals surface area (Å²) in [5.74, 6) is -0.297. The molecule has 0 N–H and O–H groups in total. The first-order valence-corrected chi connectivity index (χ1v) is 6.43. The molecule has 8 heteroatoms. The summed E-state index contributed by atoms with van der Waals surface area (Å²) in [5.41, 5.74) is 0.276. The standard InChI is InChI=1S/C12H13ClF3N3O/c13-10-9(2-1-3-17-10)11(20)19-6-4-18(5-7-19)8-12(14,15)16/h1-3H,4-8H2. The van der Waals surface area contributed by atoms with Crippen molar-refractivity contribution in [1.29, 1.82) is 0 Å². The van der Waals surface area contributed by atoms with E-state index in [2.05, 4.69) is 4.98 Å². The van der Waals surface area contributed by atoms with Crippen molar-refractivity contribution in [2.45, 2.75) is 6.18 Å². The number of piperazine rings is 1. The maximum atomic E-state index is 12.3. The van der Waals surface area contributed by atoms with Crippen molar-refractivity contribution in [3.63, 3.8) is 0 Å². The number of rotatable bonds is 2. The smallest absolute Gasteiger partial charge is 0.336 e. The Morgan fingerprint density at radius 3 is 2.50 bits per heavy atom. The molecule has 0 atom stereocenters. The first kappa shape index (κ1) is 15.1. The van der Waals surface area contributed by atoms with E-state index in [-0.39, 0.29) is 42.8 Å². The Balaban J connectivity index is 1.94. The van der Waals surface area contributed by atoms with Crippen LogP contribution in [0, 0.1) is 0 Å². The minimum atomic E-state index is -4.21. The molecule has 1 aliphatic rings. The molecule has 0 radical (unpaired) electrons. The molecular formula is C12H13ClF3N3O. The minimum Gasteiger partial charge on any atom is -0.336 e. The third-order valence-electron chi connectivity index (χ3n) is 3.05. The minimum absolute atomic E-state index is 0.107. The Morgan fingerprint density at radius 2 is 1.95 bits per heavy atom. The van der Waals surface area contributed by atoms with Crippen molar-refractivity contribution in [3.05, 3.63) is 29.0 Å². The van der Waals surface area contributed by atoms with Crippen LogP contribution in [0.3, 0.4) is 0 Å². The van der Waals surface area contributed by atoms with Gasteiger partial charge in [-0.3, -0.25) is 9.69 Å². The molecule has 0 saturated carbocycles. The van der Waals surface area contributed by atoms with Gasteiger partial charge in [0.05, 0.1) is 12.1 Å². The monoisotopic (exact) mass is 307 g/mol. The fourth-order valence-corrected chi connectivity index (χ4v) is 2.28. The molecule has 0 bridgehead atoms. The second kappa shape index (κ2) is 5.97. The molecular weight excluding hydrogens is 295 g/mol. The predicted molar refractivity (Wildman–Crippen MR) is 67.6 cm³/mol. The van der Waals surface area contributed by atoms with Crippen molar-refractivity contribution < 1.29 is 18.0 Å². The number of pyridine rings is 1. The quantitative estimate of drug-likeness (QED) is 0.785. The summed E-state index contributed by atoms with van der Waals surface area (Å²) >= 11 is 5.84. The van der Waals surface area contributed by atoms with Gasteiger partial charge in [0, 0.05) is 32.4 Å². The van der Waals surface area contributed by atoms with E-state index in [1.165, 1.54) is 16.0 Å². The summed E-state index contributed by atoms with van der Waals surface area (Å²) in [7, 11) is 0. The highest BCUT2D eigenvalue weighted by Crippen LogP contribution is 2.19. The number of alkyl halides is 3. The molecule has 1 fully saturated rings. The summed E-state index contributed by atoms with van der Waals surface area (Å²) in [5, 5.41) is 0.107. The van der Waals surface area contributed by atoms with Gasteiger partial charge in [-0.15, -0.1) is 0 Å². The summed E-state index contributed by atoms with van der Waals surface area (Å²) in [6.45, 7) is -0.0464. The first-order valence-electron chi connectivity index (χ1n) is 6.06. The zero-order valence-corrected chi connectivity index (χ0v) is 11.3. The van der Waals surface area contributed by atoms with E-state index in [9.17, 15) is 18.0 Å². The second-order valence-electron chi connectivity index (χ2n) is 4.53. The van der Waals surface area contributed by atoms with Gasteiger partial charge in [-0.05, 0) is 12.1 Å². The van der Waals surface area contributed by atoms with Gasteiger partial charge in [0.1, 0.15) is 5.15 Å². The zero-order valence-electron chi connectivity index (χ0n) is 10.5. The van der Waals surface area contributed by atoms with E-state index in [1.54, 1.807) is 12.1 Å². The molecule has 1 aliphatic heterocycles. The van der Waals surface area contributed by atoms with E-state index in [0.717, 1.165) is 0 Å². The molecule has 1 aromatic heterocycles. The SMILES string of the molecule is O=C(c1cccnc1Cl)N1CCN(CC(F)(F)F)CC1. The Hall–Kier alpha value is -1.34. The van der Waals surface area contributed by atoms with Gasteiger partial charge in [0.15, 0.2) is 0 Å². The van der Waals surface area contributed by atoms with E-state index in [0.29, 0.717) is 0 Å². The van der Waals surface area contributed by atoms with Gasteiger partial charge in [-0.25, -0.2) is 4.98 Å². The van der Waals surface area contributed by atoms with Gasteiger partial charge in [-0.1, -0.05) is 11.6 Å². The number of amides is 1.